The lowest BCUT2D eigenvalue weighted by Gasteiger charge is -2.31. The maximum atomic E-state index is 5.40. The minimum absolute atomic E-state index is 0.913. The molecule has 0 aromatic heterocycles. The van der Waals surface area contributed by atoms with Crippen LogP contribution in [0, 0.1) is 6.92 Å². The van der Waals surface area contributed by atoms with Crippen molar-refractivity contribution in [2.24, 2.45) is 0 Å². The lowest BCUT2D eigenvalue weighted by molar-refractivity contribution is 0.0359. The first-order valence-corrected chi connectivity index (χ1v) is 7.93. The predicted molar refractivity (Wildman–Crippen MR) is 82.0 cm³/mol. The van der Waals surface area contributed by atoms with E-state index in [-0.39, 0.29) is 0 Å². The van der Waals surface area contributed by atoms with Gasteiger partial charge >= 0.3 is 0 Å². The number of morpholine rings is 1. The maximum absolute atomic E-state index is 5.40. The molecule has 1 saturated heterocycles. The van der Waals surface area contributed by atoms with Crippen molar-refractivity contribution in [2.75, 3.05) is 45.9 Å². The second-order valence-corrected chi connectivity index (χ2v) is 6.05. The van der Waals surface area contributed by atoms with Crippen LogP contribution in [-0.2, 0) is 17.7 Å². The van der Waals surface area contributed by atoms with Crippen molar-refractivity contribution in [3.05, 3.63) is 34.9 Å². The summed E-state index contributed by atoms with van der Waals surface area (Å²) in [6.07, 6.45) is 2.50. The van der Waals surface area contributed by atoms with Crippen molar-refractivity contribution in [3.8, 4) is 0 Å². The van der Waals surface area contributed by atoms with Crippen LogP contribution in [0.1, 0.15) is 23.1 Å². The van der Waals surface area contributed by atoms with Gasteiger partial charge < -0.3 is 4.74 Å². The maximum Gasteiger partial charge on any atom is 0.0594 e. The highest BCUT2D eigenvalue weighted by Gasteiger charge is 2.17. The van der Waals surface area contributed by atoms with Crippen molar-refractivity contribution in [1.29, 1.82) is 0 Å². The molecular weight excluding hydrogens is 248 g/mol. The highest BCUT2D eigenvalue weighted by atomic mass is 16.5. The van der Waals surface area contributed by atoms with Crippen molar-refractivity contribution >= 4 is 0 Å². The summed E-state index contributed by atoms with van der Waals surface area (Å²) < 4.78 is 5.40. The van der Waals surface area contributed by atoms with Gasteiger partial charge in [-0.3, -0.25) is 9.80 Å². The van der Waals surface area contributed by atoms with Gasteiger partial charge in [-0.05, 0) is 49.5 Å². The van der Waals surface area contributed by atoms with Crippen LogP contribution in [0.25, 0.3) is 0 Å². The van der Waals surface area contributed by atoms with Gasteiger partial charge in [-0.1, -0.05) is 18.2 Å². The van der Waals surface area contributed by atoms with Crippen molar-refractivity contribution in [3.63, 3.8) is 0 Å². The van der Waals surface area contributed by atoms with Crippen molar-refractivity contribution < 1.29 is 4.74 Å². The van der Waals surface area contributed by atoms with Gasteiger partial charge in [0.1, 0.15) is 0 Å². The smallest absolute Gasteiger partial charge is 0.0594 e. The lowest BCUT2D eigenvalue weighted by Crippen LogP contribution is -2.39. The van der Waals surface area contributed by atoms with E-state index in [0.717, 1.165) is 32.8 Å². The van der Waals surface area contributed by atoms with Crippen LogP contribution in [0.4, 0.5) is 0 Å². The number of benzene rings is 1. The Bertz CT molecular complexity index is 441. The molecule has 0 saturated carbocycles. The number of rotatable bonds is 4. The lowest BCUT2D eigenvalue weighted by atomic mass is 9.95. The molecule has 20 heavy (non-hydrogen) atoms. The average molecular weight is 274 g/mol. The minimum atomic E-state index is 0.913. The van der Waals surface area contributed by atoms with Crippen LogP contribution < -0.4 is 0 Å². The van der Waals surface area contributed by atoms with Gasteiger partial charge in [0.05, 0.1) is 13.2 Å². The van der Waals surface area contributed by atoms with E-state index < -0.39 is 0 Å². The molecule has 110 valence electrons. The van der Waals surface area contributed by atoms with Crippen molar-refractivity contribution in [2.45, 2.75) is 26.3 Å². The fourth-order valence-electron chi connectivity index (χ4n) is 3.34. The van der Waals surface area contributed by atoms with Crippen LogP contribution in [0.2, 0.25) is 0 Å². The molecule has 3 rings (SSSR count). The summed E-state index contributed by atoms with van der Waals surface area (Å²) >= 11 is 0. The molecule has 1 aromatic rings. The van der Waals surface area contributed by atoms with E-state index in [9.17, 15) is 0 Å². The first kappa shape index (κ1) is 14.1. The molecule has 0 amide bonds. The SMILES string of the molecule is Cc1cccc2c1CN(CCCN1CCOCC1)CC2. The van der Waals surface area contributed by atoms with E-state index in [4.69, 9.17) is 4.74 Å². The Labute approximate surface area is 122 Å². The first-order valence-electron chi connectivity index (χ1n) is 7.93. The summed E-state index contributed by atoms with van der Waals surface area (Å²) in [5.74, 6) is 0. The Morgan fingerprint density at radius 1 is 1.05 bits per heavy atom. The molecule has 0 atom stereocenters. The molecule has 2 heterocycles. The van der Waals surface area contributed by atoms with Gasteiger partial charge in [-0.2, -0.15) is 0 Å². The van der Waals surface area contributed by atoms with Gasteiger partial charge in [0.2, 0.25) is 0 Å². The highest BCUT2D eigenvalue weighted by molar-refractivity contribution is 5.35. The Kier molecular flexibility index (Phi) is 4.71. The molecule has 0 N–H and O–H groups in total. The zero-order valence-corrected chi connectivity index (χ0v) is 12.6. The molecule has 0 bridgehead atoms. The van der Waals surface area contributed by atoms with Gasteiger partial charge in [-0.25, -0.2) is 0 Å². The molecule has 3 nitrogen and oxygen atoms in total. The Morgan fingerprint density at radius 3 is 2.70 bits per heavy atom. The molecule has 1 aromatic carbocycles. The number of hydrogen-bond donors (Lipinski definition) is 0. The molecule has 0 spiro atoms. The summed E-state index contributed by atoms with van der Waals surface area (Å²) in [5, 5.41) is 0. The first-order chi connectivity index (χ1) is 9.83. The van der Waals surface area contributed by atoms with E-state index in [1.165, 1.54) is 38.0 Å². The molecule has 2 aliphatic rings. The van der Waals surface area contributed by atoms with Crippen LogP contribution in [0.5, 0.6) is 0 Å². The van der Waals surface area contributed by atoms with E-state index in [2.05, 4.69) is 34.9 Å². The second kappa shape index (κ2) is 6.70. The molecule has 0 aliphatic carbocycles. The van der Waals surface area contributed by atoms with Gasteiger partial charge in [0.15, 0.2) is 0 Å². The molecule has 3 heteroatoms. The van der Waals surface area contributed by atoms with Crippen LogP contribution >= 0.6 is 0 Å². The fourth-order valence-corrected chi connectivity index (χ4v) is 3.34. The number of nitrogens with zero attached hydrogens (tertiary/aromatic N) is 2. The summed E-state index contributed by atoms with van der Waals surface area (Å²) in [6, 6.07) is 6.74. The van der Waals surface area contributed by atoms with Gasteiger partial charge in [0.25, 0.3) is 0 Å². The highest BCUT2D eigenvalue weighted by Crippen LogP contribution is 2.22. The third kappa shape index (κ3) is 3.40. The van der Waals surface area contributed by atoms with Gasteiger partial charge in [0, 0.05) is 26.2 Å². The zero-order chi connectivity index (χ0) is 13.8. The third-order valence-electron chi connectivity index (χ3n) is 4.64. The normalized spacial score (nSPS) is 20.9. The second-order valence-electron chi connectivity index (χ2n) is 6.05. The zero-order valence-electron chi connectivity index (χ0n) is 12.6. The third-order valence-corrected chi connectivity index (χ3v) is 4.64. The van der Waals surface area contributed by atoms with E-state index in [1.807, 2.05) is 0 Å². The molecule has 0 unspecified atom stereocenters. The molecule has 1 fully saturated rings. The summed E-state index contributed by atoms with van der Waals surface area (Å²) in [7, 11) is 0. The predicted octanol–water partition coefficient (Wildman–Crippen LogP) is 2.08. The van der Waals surface area contributed by atoms with Crippen LogP contribution in [0.3, 0.4) is 0 Å². The fraction of sp³-hybridized carbons (Fsp3) is 0.647. The topological polar surface area (TPSA) is 15.7 Å². The summed E-state index contributed by atoms with van der Waals surface area (Å²) in [4.78, 5) is 5.16. The van der Waals surface area contributed by atoms with E-state index in [1.54, 1.807) is 11.1 Å². The summed E-state index contributed by atoms with van der Waals surface area (Å²) in [6.45, 7) is 11.1. The number of fused-ring (bicyclic) bond motifs is 1. The van der Waals surface area contributed by atoms with E-state index >= 15 is 0 Å². The number of aryl methyl sites for hydroxylation is 1. The molecule has 2 aliphatic heterocycles. The standard InChI is InChI=1S/C17H26N2O/c1-15-4-2-5-16-6-9-19(14-17(15)16)8-3-7-18-10-12-20-13-11-18/h2,4-5H,3,6-14H2,1H3. The molecular formula is C17H26N2O. The average Bonchev–Trinajstić information content (AvgIpc) is 2.49. The van der Waals surface area contributed by atoms with Crippen molar-refractivity contribution in [1.82, 2.24) is 9.80 Å². The number of ether oxygens (including phenoxy) is 1. The largest absolute Gasteiger partial charge is 0.379 e. The van der Waals surface area contributed by atoms with E-state index in [0.29, 0.717) is 0 Å². The Morgan fingerprint density at radius 2 is 1.85 bits per heavy atom. The minimum Gasteiger partial charge on any atom is -0.379 e. The van der Waals surface area contributed by atoms with Crippen LogP contribution in [-0.4, -0.2) is 55.7 Å². The monoisotopic (exact) mass is 274 g/mol. The summed E-state index contributed by atoms with van der Waals surface area (Å²) in [5.41, 5.74) is 4.60. The number of hydrogen-bond acceptors (Lipinski definition) is 3. The quantitative estimate of drug-likeness (QED) is 0.836. The van der Waals surface area contributed by atoms with Crippen LogP contribution in [0.15, 0.2) is 18.2 Å². The molecule has 0 radical (unpaired) electrons. The Hall–Kier alpha value is -0.900. The van der Waals surface area contributed by atoms with Gasteiger partial charge in [-0.15, -0.1) is 0 Å². The Balaban J connectivity index is 1.46.